The van der Waals surface area contributed by atoms with Gasteiger partial charge in [0, 0.05) is 6.08 Å². The topological polar surface area (TPSA) is 55.4 Å². The molecule has 0 bridgehead atoms. The van der Waals surface area contributed by atoms with Crippen molar-refractivity contribution in [1.29, 1.82) is 0 Å². The van der Waals surface area contributed by atoms with Gasteiger partial charge in [0.25, 0.3) is 0 Å². The fourth-order valence-corrected chi connectivity index (χ4v) is 2.05. The Hall–Kier alpha value is -3.09. The number of carbonyl (C=O) groups excluding carboxylic acids is 2. The smallest absolute Gasteiger partial charge is 0.416 e. The SMILES string of the molecule is COC(=O)c1ccccc1NC(=O)/C=C/c1cccc(C(F)(F)F)c1. The highest BCUT2D eigenvalue weighted by Crippen LogP contribution is 2.29. The molecule has 0 heterocycles. The summed E-state index contributed by atoms with van der Waals surface area (Å²) in [6.45, 7) is 0. The lowest BCUT2D eigenvalue weighted by molar-refractivity contribution is -0.137. The Morgan fingerprint density at radius 3 is 2.48 bits per heavy atom. The molecule has 2 aromatic rings. The summed E-state index contributed by atoms with van der Waals surface area (Å²) in [6, 6.07) is 10.8. The maximum absolute atomic E-state index is 12.7. The van der Waals surface area contributed by atoms with E-state index in [2.05, 4.69) is 10.1 Å². The van der Waals surface area contributed by atoms with E-state index >= 15 is 0 Å². The Kier molecular flexibility index (Phi) is 5.59. The normalized spacial score (nSPS) is 11.4. The second-order valence-corrected chi connectivity index (χ2v) is 4.98. The Morgan fingerprint density at radius 2 is 1.80 bits per heavy atom. The minimum atomic E-state index is -4.45. The van der Waals surface area contributed by atoms with Crippen LogP contribution in [-0.2, 0) is 15.7 Å². The number of anilines is 1. The highest BCUT2D eigenvalue weighted by Gasteiger charge is 2.30. The third-order valence-electron chi connectivity index (χ3n) is 3.23. The molecule has 130 valence electrons. The number of para-hydroxylation sites is 1. The quantitative estimate of drug-likeness (QED) is 0.667. The van der Waals surface area contributed by atoms with Gasteiger partial charge in [-0.15, -0.1) is 0 Å². The third kappa shape index (κ3) is 4.94. The van der Waals surface area contributed by atoms with Crippen molar-refractivity contribution in [2.75, 3.05) is 12.4 Å². The lowest BCUT2D eigenvalue weighted by Gasteiger charge is -2.08. The van der Waals surface area contributed by atoms with Crippen LogP contribution in [0.5, 0.6) is 0 Å². The van der Waals surface area contributed by atoms with Crippen molar-refractivity contribution in [1.82, 2.24) is 0 Å². The van der Waals surface area contributed by atoms with Gasteiger partial charge in [-0.05, 0) is 35.9 Å². The van der Waals surface area contributed by atoms with Crippen molar-refractivity contribution in [3.8, 4) is 0 Å². The zero-order valence-electron chi connectivity index (χ0n) is 13.1. The van der Waals surface area contributed by atoms with Gasteiger partial charge in [0.1, 0.15) is 0 Å². The molecule has 0 fully saturated rings. The first kappa shape index (κ1) is 18.3. The maximum atomic E-state index is 12.7. The molecule has 25 heavy (non-hydrogen) atoms. The van der Waals surface area contributed by atoms with Crippen molar-refractivity contribution in [2.24, 2.45) is 0 Å². The fourth-order valence-electron chi connectivity index (χ4n) is 2.05. The molecule has 0 aliphatic heterocycles. The molecule has 0 saturated heterocycles. The zero-order valence-corrected chi connectivity index (χ0v) is 13.1. The van der Waals surface area contributed by atoms with Crippen LogP contribution in [0.1, 0.15) is 21.5 Å². The van der Waals surface area contributed by atoms with Gasteiger partial charge in [-0.3, -0.25) is 4.79 Å². The van der Waals surface area contributed by atoms with Crippen LogP contribution in [0.2, 0.25) is 0 Å². The molecule has 0 atom stereocenters. The van der Waals surface area contributed by atoms with Gasteiger partial charge >= 0.3 is 12.1 Å². The molecular weight excluding hydrogens is 335 g/mol. The van der Waals surface area contributed by atoms with Crippen LogP contribution in [0.4, 0.5) is 18.9 Å². The largest absolute Gasteiger partial charge is 0.465 e. The Morgan fingerprint density at radius 1 is 1.08 bits per heavy atom. The van der Waals surface area contributed by atoms with Crippen LogP contribution < -0.4 is 5.32 Å². The number of ether oxygens (including phenoxy) is 1. The van der Waals surface area contributed by atoms with E-state index in [-0.39, 0.29) is 16.8 Å². The summed E-state index contributed by atoms with van der Waals surface area (Å²) in [6.07, 6.45) is -2.11. The standard InChI is InChI=1S/C18H14F3NO3/c1-25-17(24)14-7-2-3-8-15(14)22-16(23)10-9-12-5-4-6-13(11-12)18(19,20)21/h2-11H,1H3,(H,22,23)/b10-9+. The summed E-state index contributed by atoms with van der Waals surface area (Å²) in [5.41, 5.74) is -0.156. The number of esters is 1. The average Bonchev–Trinajstić information content (AvgIpc) is 2.59. The molecule has 1 amide bonds. The van der Waals surface area contributed by atoms with Gasteiger partial charge in [-0.1, -0.05) is 24.3 Å². The maximum Gasteiger partial charge on any atom is 0.416 e. The minimum Gasteiger partial charge on any atom is -0.465 e. The van der Waals surface area contributed by atoms with Crippen molar-refractivity contribution < 1.29 is 27.5 Å². The second kappa shape index (κ2) is 7.65. The van der Waals surface area contributed by atoms with Gasteiger partial charge in [0.15, 0.2) is 0 Å². The van der Waals surface area contributed by atoms with E-state index in [4.69, 9.17) is 0 Å². The van der Waals surface area contributed by atoms with Crippen LogP contribution in [0.15, 0.2) is 54.6 Å². The predicted octanol–water partition coefficient (Wildman–Crippen LogP) is 4.14. The molecular formula is C18H14F3NO3. The van der Waals surface area contributed by atoms with Gasteiger partial charge in [0.2, 0.25) is 5.91 Å². The van der Waals surface area contributed by atoms with Gasteiger partial charge in [0.05, 0.1) is 23.9 Å². The van der Waals surface area contributed by atoms with E-state index in [1.165, 1.54) is 37.5 Å². The number of alkyl halides is 3. The zero-order chi connectivity index (χ0) is 18.4. The number of amides is 1. The lowest BCUT2D eigenvalue weighted by Crippen LogP contribution is -2.12. The Labute approximate surface area is 141 Å². The van der Waals surface area contributed by atoms with Crippen molar-refractivity contribution in [3.05, 3.63) is 71.3 Å². The predicted molar refractivity (Wildman–Crippen MR) is 86.9 cm³/mol. The number of hydrogen-bond donors (Lipinski definition) is 1. The van der Waals surface area contributed by atoms with Crippen LogP contribution in [-0.4, -0.2) is 19.0 Å². The highest BCUT2D eigenvalue weighted by atomic mass is 19.4. The first-order valence-electron chi connectivity index (χ1n) is 7.15. The number of rotatable bonds is 4. The molecule has 0 spiro atoms. The summed E-state index contributed by atoms with van der Waals surface area (Å²) < 4.78 is 42.6. The van der Waals surface area contributed by atoms with E-state index in [0.717, 1.165) is 18.2 Å². The van der Waals surface area contributed by atoms with Crippen LogP contribution in [0.25, 0.3) is 6.08 Å². The number of halogens is 3. The molecule has 2 rings (SSSR count). The first-order chi connectivity index (χ1) is 11.8. The third-order valence-corrected chi connectivity index (χ3v) is 3.23. The Balaban J connectivity index is 2.14. The van der Waals surface area contributed by atoms with E-state index in [1.807, 2.05) is 0 Å². The van der Waals surface area contributed by atoms with Gasteiger partial charge in [-0.2, -0.15) is 13.2 Å². The lowest BCUT2D eigenvalue weighted by atomic mass is 10.1. The van der Waals surface area contributed by atoms with E-state index in [1.54, 1.807) is 12.1 Å². The van der Waals surface area contributed by atoms with E-state index in [0.29, 0.717) is 0 Å². The molecule has 0 aliphatic carbocycles. The van der Waals surface area contributed by atoms with Crippen LogP contribution in [0.3, 0.4) is 0 Å². The Bertz CT molecular complexity index is 813. The number of methoxy groups -OCH3 is 1. The molecule has 0 aromatic heterocycles. The van der Waals surface area contributed by atoms with Crippen molar-refractivity contribution in [3.63, 3.8) is 0 Å². The summed E-state index contributed by atoms with van der Waals surface area (Å²) >= 11 is 0. The molecule has 0 saturated carbocycles. The molecule has 0 aliphatic rings. The second-order valence-electron chi connectivity index (χ2n) is 4.98. The van der Waals surface area contributed by atoms with Gasteiger partial charge < -0.3 is 10.1 Å². The number of carbonyl (C=O) groups is 2. The van der Waals surface area contributed by atoms with Crippen molar-refractivity contribution >= 4 is 23.6 Å². The summed E-state index contributed by atoms with van der Waals surface area (Å²) in [7, 11) is 1.22. The van der Waals surface area contributed by atoms with E-state index in [9.17, 15) is 22.8 Å². The van der Waals surface area contributed by atoms with Crippen LogP contribution in [0, 0.1) is 0 Å². The summed E-state index contributed by atoms with van der Waals surface area (Å²) in [4.78, 5) is 23.6. The summed E-state index contributed by atoms with van der Waals surface area (Å²) in [5, 5.41) is 2.49. The van der Waals surface area contributed by atoms with E-state index < -0.39 is 23.6 Å². The van der Waals surface area contributed by atoms with Crippen molar-refractivity contribution in [2.45, 2.75) is 6.18 Å². The first-order valence-corrected chi connectivity index (χ1v) is 7.15. The number of hydrogen-bond acceptors (Lipinski definition) is 3. The molecule has 2 aromatic carbocycles. The molecule has 4 nitrogen and oxygen atoms in total. The number of benzene rings is 2. The molecule has 0 radical (unpaired) electrons. The molecule has 1 N–H and O–H groups in total. The molecule has 0 unspecified atom stereocenters. The monoisotopic (exact) mass is 349 g/mol. The average molecular weight is 349 g/mol. The summed E-state index contributed by atoms with van der Waals surface area (Å²) in [5.74, 6) is -1.20. The fraction of sp³-hybridized carbons (Fsp3) is 0.111. The number of nitrogens with one attached hydrogen (secondary N) is 1. The molecule has 7 heteroatoms. The minimum absolute atomic E-state index is 0.172. The van der Waals surface area contributed by atoms with Crippen LogP contribution >= 0.6 is 0 Å². The highest BCUT2D eigenvalue weighted by molar-refractivity contribution is 6.06. The van der Waals surface area contributed by atoms with Gasteiger partial charge in [-0.25, -0.2) is 4.79 Å².